The molecule has 0 bridgehead atoms. The number of aromatic hydroxyl groups is 1. The van der Waals surface area contributed by atoms with Gasteiger partial charge in [0.15, 0.2) is 0 Å². The summed E-state index contributed by atoms with van der Waals surface area (Å²) in [4.78, 5) is 10.4. The summed E-state index contributed by atoms with van der Waals surface area (Å²) in [7, 11) is 0. The summed E-state index contributed by atoms with van der Waals surface area (Å²) in [5.41, 5.74) is 5.43. The fraction of sp³-hybridized carbons (Fsp3) is 0. The van der Waals surface area contributed by atoms with Gasteiger partial charge in [-0.15, -0.1) is 0 Å². The zero-order valence-electron chi connectivity index (χ0n) is 6.32. The van der Waals surface area contributed by atoms with Gasteiger partial charge in [0.05, 0.1) is 0 Å². The van der Waals surface area contributed by atoms with Crippen LogP contribution < -0.4 is 5.73 Å². The zero-order chi connectivity index (χ0) is 8.43. The summed E-state index contributed by atoms with van der Waals surface area (Å²) in [5, 5.41) is 17.4. The number of rotatable bonds is 1. The molecule has 0 aliphatic carbocycles. The maximum atomic E-state index is 10.4. The normalized spacial score (nSPS) is 8.67. The van der Waals surface area contributed by atoms with Crippen molar-refractivity contribution < 1.29 is 15.0 Å². The van der Waals surface area contributed by atoms with Gasteiger partial charge in [0.1, 0.15) is 11.3 Å². The van der Waals surface area contributed by atoms with E-state index < -0.39 is 5.97 Å². The van der Waals surface area contributed by atoms with E-state index in [1.54, 1.807) is 0 Å². The predicted molar refractivity (Wildman–Crippen MR) is 49.4 cm³/mol. The van der Waals surface area contributed by atoms with Crippen LogP contribution in [0.2, 0.25) is 0 Å². The number of carboxylic acids is 1. The van der Waals surface area contributed by atoms with Gasteiger partial charge in [0.2, 0.25) is 0 Å². The van der Waals surface area contributed by atoms with Gasteiger partial charge in [0, 0.05) is 5.69 Å². The van der Waals surface area contributed by atoms with Crippen LogP contribution in [0.25, 0.3) is 0 Å². The number of phenols is 1. The van der Waals surface area contributed by atoms with Gasteiger partial charge in [-0.05, 0) is 18.2 Å². The molecule has 0 aromatic heterocycles. The van der Waals surface area contributed by atoms with Crippen LogP contribution in [0.1, 0.15) is 10.4 Å². The topological polar surface area (TPSA) is 83.5 Å². The van der Waals surface area contributed by atoms with Crippen LogP contribution in [0.5, 0.6) is 5.75 Å². The van der Waals surface area contributed by atoms with Gasteiger partial charge >= 0.3 is 32.2 Å². The molecule has 1 aromatic rings. The van der Waals surface area contributed by atoms with Crippen LogP contribution in [-0.4, -0.2) is 42.4 Å². The molecule has 1 aromatic carbocycles. The van der Waals surface area contributed by atoms with E-state index in [2.05, 4.69) is 0 Å². The summed E-state index contributed by atoms with van der Waals surface area (Å²) in [6.07, 6.45) is 0. The monoisotopic (exact) mass is 365 g/mol. The molecule has 0 unspecified atom stereocenters. The van der Waals surface area contributed by atoms with Crippen molar-refractivity contribution in [1.82, 2.24) is 0 Å². The fourth-order valence-electron chi connectivity index (χ4n) is 0.725. The Kier molecular flexibility index (Phi) is 3.97. The zero-order valence-corrected chi connectivity index (χ0v) is 11.8. The van der Waals surface area contributed by atoms with Crippen LogP contribution in [0.4, 0.5) is 5.69 Å². The first-order valence-corrected chi connectivity index (χ1v) is 2.93. The molecule has 0 radical (unpaired) electrons. The van der Waals surface area contributed by atoms with Crippen LogP contribution in [-0.2, 0) is 0 Å². The van der Waals surface area contributed by atoms with Gasteiger partial charge in [-0.3, -0.25) is 0 Å². The Balaban J connectivity index is 0.00000121. The minimum atomic E-state index is -1.19. The maximum absolute atomic E-state index is 10.4. The molecule has 0 fully saturated rings. The van der Waals surface area contributed by atoms with Crippen molar-refractivity contribution in [2.45, 2.75) is 0 Å². The molecule has 0 aliphatic rings. The van der Waals surface area contributed by atoms with Gasteiger partial charge in [-0.1, -0.05) is 0 Å². The Morgan fingerprint density at radius 3 is 2.42 bits per heavy atom. The Labute approximate surface area is 88.1 Å². The Hall–Kier alpha value is -0.827. The van der Waals surface area contributed by atoms with Crippen molar-refractivity contribution in [3.63, 3.8) is 0 Å². The summed E-state index contributed by atoms with van der Waals surface area (Å²) < 4.78 is 0. The first kappa shape index (κ1) is 11.2. The van der Waals surface area contributed by atoms with E-state index in [1.165, 1.54) is 18.2 Å². The standard InChI is InChI=1S/C7H7NO3.Bi.3H/c8-4-1-2-6(9)5(3-4)7(10)11;;;;/h1-3,9H,8H2,(H,10,11);;;;. The fourth-order valence-corrected chi connectivity index (χ4v) is 0.725. The van der Waals surface area contributed by atoms with Crippen LogP contribution >= 0.6 is 0 Å². The second-order valence-corrected chi connectivity index (χ2v) is 2.08. The van der Waals surface area contributed by atoms with Crippen LogP contribution in [0.3, 0.4) is 0 Å². The molecule has 0 spiro atoms. The number of carboxylic acid groups (broad SMARTS) is 1. The first-order chi connectivity index (χ1) is 5.11. The van der Waals surface area contributed by atoms with Crippen LogP contribution in [0, 0.1) is 0 Å². The molecule has 0 heterocycles. The summed E-state index contributed by atoms with van der Waals surface area (Å²) in [5.74, 6) is -1.46. The van der Waals surface area contributed by atoms with Crippen molar-refractivity contribution in [3.8, 4) is 5.75 Å². The Morgan fingerprint density at radius 2 is 2.00 bits per heavy atom. The molecular weight excluding hydrogens is 355 g/mol. The third-order valence-corrected chi connectivity index (χ3v) is 1.25. The molecule has 12 heavy (non-hydrogen) atoms. The first-order valence-electron chi connectivity index (χ1n) is 2.93. The quantitative estimate of drug-likeness (QED) is 0.356. The van der Waals surface area contributed by atoms with Crippen molar-refractivity contribution in [3.05, 3.63) is 23.8 Å². The SMILES string of the molecule is Nc1ccc(O)c(C(=O)O)c1.[BiH3]. The summed E-state index contributed by atoms with van der Waals surface area (Å²) in [6.45, 7) is 0. The second kappa shape index (κ2) is 4.26. The van der Waals surface area contributed by atoms with Crippen LogP contribution in [0.15, 0.2) is 18.2 Å². The molecule has 0 aliphatic heterocycles. The number of hydrogen-bond acceptors (Lipinski definition) is 3. The number of carbonyl (C=O) groups is 1. The third-order valence-electron chi connectivity index (χ3n) is 1.25. The van der Waals surface area contributed by atoms with E-state index in [9.17, 15) is 4.79 Å². The Morgan fingerprint density at radius 1 is 1.42 bits per heavy atom. The molecule has 66 valence electrons. The van der Waals surface area contributed by atoms with E-state index in [0.717, 1.165) is 0 Å². The average molecular weight is 365 g/mol. The predicted octanol–water partition coefficient (Wildman–Crippen LogP) is -0.511. The third kappa shape index (κ3) is 2.34. The molecule has 0 saturated heterocycles. The second-order valence-electron chi connectivity index (χ2n) is 2.08. The summed E-state index contributed by atoms with van der Waals surface area (Å²) in [6, 6.07) is 3.89. The van der Waals surface area contributed by atoms with Crippen molar-refractivity contribution in [2.75, 3.05) is 5.73 Å². The van der Waals surface area contributed by atoms with E-state index >= 15 is 0 Å². The number of anilines is 1. The van der Waals surface area contributed by atoms with E-state index in [1.807, 2.05) is 0 Å². The minimum absolute atomic E-state index is 0. The molecule has 0 saturated carbocycles. The number of aromatic carboxylic acids is 1. The van der Waals surface area contributed by atoms with Crippen molar-refractivity contribution in [2.24, 2.45) is 0 Å². The molecule has 4 N–H and O–H groups in total. The molecule has 4 nitrogen and oxygen atoms in total. The van der Waals surface area contributed by atoms with Gasteiger partial charge in [0.25, 0.3) is 0 Å². The van der Waals surface area contributed by atoms with E-state index in [-0.39, 0.29) is 37.5 Å². The number of nitrogen functional groups attached to an aromatic ring is 1. The average Bonchev–Trinajstić information content (AvgIpc) is 1.94. The van der Waals surface area contributed by atoms with Gasteiger partial charge < -0.3 is 15.9 Å². The molecule has 0 atom stereocenters. The van der Waals surface area contributed by atoms with E-state index in [4.69, 9.17) is 15.9 Å². The number of benzene rings is 1. The molecule has 1 rings (SSSR count). The molecule has 5 heteroatoms. The molecule has 0 amide bonds. The molecular formula is C7H10BiNO3. The number of nitrogens with two attached hydrogens (primary N) is 1. The van der Waals surface area contributed by atoms with E-state index in [0.29, 0.717) is 5.69 Å². The van der Waals surface area contributed by atoms with Crippen molar-refractivity contribution in [1.29, 1.82) is 0 Å². The number of hydrogen-bond donors (Lipinski definition) is 3. The van der Waals surface area contributed by atoms with Gasteiger partial charge in [-0.25, -0.2) is 4.79 Å². The van der Waals surface area contributed by atoms with Crippen molar-refractivity contribution >= 4 is 37.9 Å². The Bertz CT molecular complexity index is 301. The summed E-state index contributed by atoms with van der Waals surface area (Å²) >= 11 is 0. The van der Waals surface area contributed by atoms with Gasteiger partial charge in [-0.2, -0.15) is 0 Å².